The molecular weight excluding hydrogens is 361 g/mol. The normalized spacial score (nSPS) is 11.7. The topological polar surface area (TPSA) is 54.5 Å². The Kier molecular flexibility index (Phi) is 6.91. The summed E-state index contributed by atoms with van der Waals surface area (Å²) in [5.41, 5.74) is 0.610. The Bertz CT molecular complexity index is 719. The average molecular weight is 382 g/mol. The van der Waals surface area contributed by atoms with Crippen molar-refractivity contribution in [1.29, 1.82) is 0 Å². The van der Waals surface area contributed by atoms with Gasteiger partial charge in [-0.1, -0.05) is 23.2 Å². The Labute approximate surface area is 157 Å². The first-order chi connectivity index (χ1) is 11.9. The zero-order chi connectivity index (χ0) is 18.4. The summed E-state index contributed by atoms with van der Waals surface area (Å²) in [6.07, 6.45) is 0.911. The summed E-state index contributed by atoms with van der Waals surface area (Å²) < 4.78 is 5.60. The number of carbonyl (C=O) groups excluding carboxylic acids is 1. The Morgan fingerprint density at radius 3 is 2.52 bits per heavy atom. The Hall–Kier alpha value is -1.98. The summed E-state index contributed by atoms with van der Waals surface area (Å²) in [4.78, 5) is 18.8. The minimum atomic E-state index is -0.721. The summed E-state index contributed by atoms with van der Waals surface area (Å²) in [6, 6.07) is 8.56. The molecule has 1 heterocycles. The van der Waals surface area contributed by atoms with Gasteiger partial charge >= 0.3 is 0 Å². The van der Waals surface area contributed by atoms with Crippen LogP contribution in [0.2, 0.25) is 10.0 Å². The number of halogens is 2. The molecule has 0 radical (unpaired) electrons. The van der Waals surface area contributed by atoms with Crippen molar-refractivity contribution in [2.75, 3.05) is 23.3 Å². The molecule has 2 rings (SSSR count). The number of hydrogen-bond acceptors (Lipinski definition) is 4. The van der Waals surface area contributed by atoms with Gasteiger partial charge in [-0.2, -0.15) is 0 Å². The number of ether oxygens (including phenoxy) is 1. The molecule has 0 aliphatic heterocycles. The van der Waals surface area contributed by atoms with Gasteiger partial charge in [0, 0.05) is 18.1 Å². The number of nitrogens with one attached hydrogen (secondary N) is 1. The average Bonchev–Trinajstić information content (AvgIpc) is 2.59. The molecule has 134 valence electrons. The van der Waals surface area contributed by atoms with Gasteiger partial charge in [0.15, 0.2) is 6.10 Å². The highest BCUT2D eigenvalue weighted by Gasteiger charge is 2.17. The Morgan fingerprint density at radius 2 is 1.96 bits per heavy atom. The van der Waals surface area contributed by atoms with E-state index in [1.165, 1.54) is 0 Å². The molecule has 25 heavy (non-hydrogen) atoms. The predicted octanol–water partition coefficient (Wildman–Crippen LogP) is 4.64. The molecule has 0 spiro atoms. The van der Waals surface area contributed by atoms with Crippen molar-refractivity contribution >= 4 is 40.6 Å². The third-order valence-corrected chi connectivity index (χ3v) is 4.20. The molecule has 1 N–H and O–H groups in total. The third-order valence-electron chi connectivity index (χ3n) is 3.67. The van der Waals surface area contributed by atoms with Gasteiger partial charge in [0.05, 0.1) is 16.9 Å². The lowest BCUT2D eigenvalue weighted by molar-refractivity contribution is -0.122. The maximum Gasteiger partial charge on any atom is 0.265 e. The van der Waals surface area contributed by atoms with Crippen molar-refractivity contribution < 1.29 is 9.53 Å². The van der Waals surface area contributed by atoms with E-state index in [4.69, 9.17) is 27.9 Å². The van der Waals surface area contributed by atoms with Crippen molar-refractivity contribution in [3.05, 3.63) is 46.6 Å². The quantitative estimate of drug-likeness (QED) is 0.758. The lowest BCUT2D eigenvalue weighted by Crippen LogP contribution is -2.30. The van der Waals surface area contributed by atoms with E-state index in [9.17, 15) is 4.79 Å². The van der Waals surface area contributed by atoms with Crippen LogP contribution in [0, 0.1) is 0 Å². The van der Waals surface area contributed by atoms with E-state index < -0.39 is 6.10 Å². The summed E-state index contributed by atoms with van der Waals surface area (Å²) in [6.45, 7) is 7.55. The fourth-order valence-corrected chi connectivity index (χ4v) is 2.71. The standard InChI is InChI=1S/C18H21Cl2N3O2/c1-4-23(5-2)17-9-7-14(11-21-17)22-18(24)12(3)25-16-8-6-13(19)10-15(16)20/h6-12H,4-5H2,1-3H3,(H,22,24). The molecular formula is C18H21Cl2N3O2. The van der Waals surface area contributed by atoms with Crippen molar-refractivity contribution in [2.24, 2.45) is 0 Å². The third kappa shape index (κ3) is 5.25. The van der Waals surface area contributed by atoms with Crippen LogP contribution in [0.5, 0.6) is 5.75 Å². The number of anilines is 2. The maximum absolute atomic E-state index is 12.3. The smallest absolute Gasteiger partial charge is 0.265 e. The van der Waals surface area contributed by atoms with E-state index in [1.54, 1.807) is 31.3 Å². The van der Waals surface area contributed by atoms with Gasteiger partial charge < -0.3 is 15.0 Å². The lowest BCUT2D eigenvalue weighted by Gasteiger charge is -2.20. The van der Waals surface area contributed by atoms with Crippen molar-refractivity contribution in [1.82, 2.24) is 4.98 Å². The van der Waals surface area contributed by atoms with E-state index in [2.05, 4.69) is 29.0 Å². The highest BCUT2D eigenvalue weighted by atomic mass is 35.5. The van der Waals surface area contributed by atoms with Crippen LogP contribution in [0.3, 0.4) is 0 Å². The number of nitrogens with zero attached hydrogens (tertiary/aromatic N) is 2. The van der Waals surface area contributed by atoms with Crippen molar-refractivity contribution in [3.63, 3.8) is 0 Å². The van der Waals surface area contributed by atoms with Gasteiger partial charge in [0.25, 0.3) is 5.91 Å². The van der Waals surface area contributed by atoms with Crippen LogP contribution in [0.15, 0.2) is 36.5 Å². The van der Waals surface area contributed by atoms with E-state index in [1.807, 2.05) is 12.1 Å². The fourth-order valence-electron chi connectivity index (χ4n) is 2.25. The number of rotatable bonds is 7. The van der Waals surface area contributed by atoms with Crippen LogP contribution in [0.1, 0.15) is 20.8 Å². The second-order valence-corrected chi connectivity index (χ2v) is 6.25. The second-order valence-electron chi connectivity index (χ2n) is 5.40. The molecule has 1 unspecified atom stereocenters. The van der Waals surface area contributed by atoms with E-state index >= 15 is 0 Å². The summed E-state index contributed by atoms with van der Waals surface area (Å²) in [5, 5.41) is 3.65. The molecule has 1 aromatic carbocycles. The zero-order valence-electron chi connectivity index (χ0n) is 14.4. The van der Waals surface area contributed by atoms with Crippen LogP contribution in [0.25, 0.3) is 0 Å². The lowest BCUT2D eigenvalue weighted by atomic mass is 10.3. The fraction of sp³-hybridized carbons (Fsp3) is 0.333. The van der Waals surface area contributed by atoms with Crippen molar-refractivity contribution in [3.8, 4) is 5.75 Å². The van der Waals surface area contributed by atoms with Gasteiger partial charge in [-0.3, -0.25) is 4.79 Å². The van der Waals surface area contributed by atoms with Crippen LogP contribution in [-0.4, -0.2) is 30.1 Å². The highest BCUT2D eigenvalue weighted by Crippen LogP contribution is 2.28. The van der Waals surface area contributed by atoms with Crippen LogP contribution in [0.4, 0.5) is 11.5 Å². The molecule has 7 heteroatoms. The molecule has 0 saturated carbocycles. The van der Waals surface area contributed by atoms with Crippen LogP contribution < -0.4 is 15.0 Å². The van der Waals surface area contributed by atoms with E-state index in [0.29, 0.717) is 21.5 Å². The molecule has 0 aliphatic rings. The monoisotopic (exact) mass is 381 g/mol. The van der Waals surface area contributed by atoms with Gasteiger partial charge in [0.2, 0.25) is 0 Å². The molecule has 1 aromatic heterocycles. The second kappa shape index (κ2) is 8.92. The predicted molar refractivity (Wildman–Crippen MR) is 103 cm³/mol. The van der Waals surface area contributed by atoms with E-state index in [0.717, 1.165) is 18.9 Å². The first-order valence-electron chi connectivity index (χ1n) is 8.08. The van der Waals surface area contributed by atoms with E-state index in [-0.39, 0.29) is 5.91 Å². The largest absolute Gasteiger partial charge is 0.479 e. The summed E-state index contributed by atoms with van der Waals surface area (Å²) in [5.74, 6) is 0.993. The minimum Gasteiger partial charge on any atom is -0.479 e. The van der Waals surface area contributed by atoms with Gasteiger partial charge in [-0.25, -0.2) is 4.98 Å². The van der Waals surface area contributed by atoms with Gasteiger partial charge in [-0.05, 0) is 51.1 Å². The number of pyridine rings is 1. The maximum atomic E-state index is 12.3. The number of amides is 1. The first kappa shape index (κ1) is 19.3. The minimum absolute atomic E-state index is 0.289. The zero-order valence-corrected chi connectivity index (χ0v) is 15.9. The molecule has 5 nitrogen and oxygen atoms in total. The van der Waals surface area contributed by atoms with Gasteiger partial charge in [0.1, 0.15) is 11.6 Å². The Balaban J connectivity index is 1.98. The number of benzene rings is 1. The summed E-state index contributed by atoms with van der Waals surface area (Å²) in [7, 11) is 0. The Morgan fingerprint density at radius 1 is 1.24 bits per heavy atom. The SMILES string of the molecule is CCN(CC)c1ccc(NC(=O)C(C)Oc2ccc(Cl)cc2Cl)cn1. The number of aromatic nitrogens is 1. The summed E-state index contributed by atoms with van der Waals surface area (Å²) >= 11 is 11.9. The number of carbonyl (C=O) groups is 1. The molecule has 2 aromatic rings. The molecule has 1 atom stereocenters. The first-order valence-corrected chi connectivity index (χ1v) is 8.83. The van der Waals surface area contributed by atoms with Crippen LogP contribution >= 0.6 is 23.2 Å². The molecule has 0 saturated heterocycles. The van der Waals surface area contributed by atoms with Crippen LogP contribution in [-0.2, 0) is 4.79 Å². The molecule has 1 amide bonds. The number of hydrogen-bond donors (Lipinski definition) is 1. The highest BCUT2D eigenvalue weighted by molar-refractivity contribution is 6.35. The van der Waals surface area contributed by atoms with Gasteiger partial charge in [-0.15, -0.1) is 0 Å². The molecule has 0 aliphatic carbocycles. The molecule has 0 fully saturated rings. The van der Waals surface area contributed by atoms with Crippen molar-refractivity contribution in [2.45, 2.75) is 26.9 Å². The molecule has 0 bridgehead atoms.